The number of benzene rings is 1. The number of hydrogen-bond acceptors (Lipinski definition) is 3. The van der Waals surface area contributed by atoms with E-state index in [1.807, 2.05) is 6.07 Å². The Bertz CT molecular complexity index is 281. The summed E-state index contributed by atoms with van der Waals surface area (Å²) in [4.78, 5) is 2.42. The lowest BCUT2D eigenvalue weighted by atomic mass is 10.3. The predicted molar refractivity (Wildman–Crippen MR) is 70.6 cm³/mol. The van der Waals surface area contributed by atoms with Gasteiger partial charge < -0.3 is 16.4 Å². The van der Waals surface area contributed by atoms with Gasteiger partial charge in [-0.05, 0) is 44.1 Å². The molecule has 1 fully saturated rings. The molecule has 1 aliphatic heterocycles. The molecule has 0 atom stereocenters. The average molecular weight is 242 g/mol. The number of halogens is 1. The van der Waals surface area contributed by atoms with Gasteiger partial charge in [-0.2, -0.15) is 0 Å². The number of nitrogens with zero attached hydrogens (tertiary/aromatic N) is 1. The molecule has 1 aromatic carbocycles. The van der Waals surface area contributed by atoms with Gasteiger partial charge in [0.2, 0.25) is 0 Å². The molecule has 90 valence electrons. The van der Waals surface area contributed by atoms with Crippen LogP contribution < -0.4 is 11.5 Å². The normalized spacial score (nSPS) is 15.6. The van der Waals surface area contributed by atoms with Crippen LogP contribution in [0.5, 0.6) is 0 Å². The van der Waals surface area contributed by atoms with E-state index in [0.717, 1.165) is 13.1 Å². The van der Waals surface area contributed by atoms with Crippen molar-refractivity contribution in [2.24, 2.45) is 5.73 Å². The van der Waals surface area contributed by atoms with Crippen LogP contribution in [0.2, 0.25) is 5.02 Å². The second kappa shape index (κ2) is 7.49. The maximum Gasteiger partial charge on any atom is 0.0426 e. The summed E-state index contributed by atoms with van der Waals surface area (Å²) in [6.07, 6.45) is 2.75. The van der Waals surface area contributed by atoms with Crippen LogP contribution in [0, 0.1) is 0 Å². The van der Waals surface area contributed by atoms with E-state index in [0.29, 0.717) is 10.7 Å². The summed E-state index contributed by atoms with van der Waals surface area (Å²) in [6.45, 7) is 4.47. The summed E-state index contributed by atoms with van der Waals surface area (Å²) in [5.74, 6) is 0. The number of nitrogen functional groups attached to an aromatic ring is 1. The molecule has 0 saturated carbocycles. The first-order valence-corrected chi connectivity index (χ1v) is 6.03. The molecule has 1 aromatic rings. The van der Waals surface area contributed by atoms with E-state index in [2.05, 4.69) is 4.90 Å². The van der Waals surface area contributed by atoms with Crippen molar-refractivity contribution in [1.29, 1.82) is 0 Å². The molecule has 0 amide bonds. The van der Waals surface area contributed by atoms with Gasteiger partial charge in [0.25, 0.3) is 0 Å². The van der Waals surface area contributed by atoms with Crippen molar-refractivity contribution in [2.75, 3.05) is 31.9 Å². The molecule has 1 aliphatic rings. The van der Waals surface area contributed by atoms with Gasteiger partial charge in [0.15, 0.2) is 0 Å². The molecular formula is C12H20ClN3. The maximum absolute atomic E-state index is 5.56. The molecular weight excluding hydrogens is 222 g/mol. The smallest absolute Gasteiger partial charge is 0.0426 e. The number of nitrogens with two attached hydrogens (primary N) is 2. The van der Waals surface area contributed by atoms with Crippen LogP contribution in [0.3, 0.4) is 0 Å². The van der Waals surface area contributed by atoms with Crippen LogP contribution in [0.15, 0.2) is 24.3 Å². The fraction of sp³-hybridized carbons (Fsp3) is 0.500. The van der Waals surface area contributed by atoms with E-state index >= 15 is 0 Å². The Morgan fingerprint density at radius 2 is 1.94 bits per heavy atom. The summed E-state index contributed by atoms with van der Waals surface area (Å²) in [6, 6.07) is 7.11. The van der Waals surface area contributed by atoms with Gasteiger partial charge in [-0.15, -0.1) is 0 Å². The number of likely N-dealkylation sites (tertiary alicyclic amines) is 1. The highest BCUT2D eigenvalue weighted by Gasteiger charge is 2.08. The van der Waals surface area contributed by atoms with Crippen molar-refractivity contribution in [3.05, 3.63) is 29.3 Å². The molecule has 0 spiro atoms. The van der Waals surface area contributed by atoms with Gasteiger partial charge in [0.1, 0.15) is 0 Å². The molecule has 3 nitrogen and oxygen atoms in total. The molecule has 16 heavy (non-hydrogen) atoms. The van der Waals surface area contributed by atoms with E-state index in [-0.39, 0.29) is 0 Å². The minimum atomic E-state index is 0.685. The topological polar surface area (TPSA) is 55.3 Å². The lowest BCUT2D eigenvalue weighted by Gasteiger charge is -2.11. The summed E-state index contributed by atoms with van der Waals surface area (Å²) < 4.78 is 0. The lowest BCUT2D eigenvalue weighted by Crippen LogP contribution is -2.26. The van der Waals surface area contributed by atoms with Crippen LogP contribution in [0.1, 0.15) is 12.8 Å². The van der Waals surface area contributed by atoms with Gasteiger partial charge in [-0.3, -0.25) is 0 Å². The SMILES string of the molecule is NCCN1CCCC1.Nc1cccc(Cl)c1. The molecule has 1 heterocycles. The number of anilines is 1. The van der Waals surface area contributed by atoms with Crippen molar-refractivity contribution in [3.63, 3.8) is 0 Å². The molecule has 0 aromatic heterocycles. The van der Waals surface area contributed by atoms with Gasteiger partial charge in [-0.1, -0.05) is 17.7 Å². The maximum atomic E-state index is 5.56. The van der Waals surface area contributed by atoms with Crippen molar-refractivity contribution < 1.29 is 0 Å². The van der Waals surface area contributed by atoms with E-state index < -0.39 is 0 Å². The summed E-state index contributed by atoms with van der Waals surface area (Å²) in [7, 11) is 0. The molecule has 4 heteroatoms. The zero-order valence-corrected chi connectivity index (χ0v) is 10.3. The number of hydrogen-bond donors (Lipinski definition) is 2. The third-order valence-electron chi connectivity index (χ3n) is 2.49. The van der Waals surface area contributed by atoms with Gasteiger partial charge in [-0.25, -0.2) is 0 Å². The second-order valence-electron chi connectivity index (χ2n) is 3.89. The van der Waals surface area contributed by atoms with Gasteiger partial charge in [0, 0.05) is 23.8 Å². The van der Waals surface area contributed by atoms with Gasteiger partial charge >= 0.3 is 0 Å². The first-order valence-electron chi connectivity index (χ1n) is 5.66. The first-order chi connectivity index (χ1) is 7.72. The Kier molecular flexibility index (Phi) is 6.23. The van der Waals surface area contributed by atoms with E-state index in [1.54, 1.807) is 18.2 Å². The number of rotatable bonds is 2. The summed E-state index contributed by atoms with van der Waals surface area (Å²) in [5, 5.41) is 0.685. The third-order valence-corrected chi connectivity index (χ3v) is 2.73. The fourth-order valence-electron chi connectivity index (χ4n) is 1.70. The molecule has 1 saturated heterocycles. The highest BCUT2D eigenvalue weighted by Crippen LogP contribution is 2.10. The quantitative estimate of drug-likeness (QED) is 0.779. The average Bonchev–Trinajstić information content (AvgIpc) is 2.71. The minimum absolute atomic E-state index is 0.685. The molecule has 2 rings (SSSR count). The highest BCUT2D eigenvalue weighted by molar-refractivity contribution is 6.30. The summed E-state index contributed by atoms with van der Waals surface area (Å²) in [5.41, 5.74) is 11.4. The Labute approximate surface area is 102 Å². The zero-order valence-electron chi connectivity index (χ0n) is 9.53. The van der Waals surface area contributed by atoms with E-state index in [4.69, 9.17) is 23.1 Å². The van der Waals surface area contributed by atoms with Crippen LogP contribution >= 0.6 is 11.6 Å². The molecule has 0 unspecified atom stereocenters. The van der Waals surface area contributed by atoms with Crippen LogP contribution in [0.4, 0.5) is 5.69 Å². The van der Waals surface area contributed by atoms with Crippen molar-refractivity contribution in [3.8, 4) is 0 Å². The molecule has 0 aliphatic carbocycles. The monoisotopic (exact) mass is 241 g/mol. The Morgan fingerprint density at radius 3 is 2.38 bits per heavy atom. The van der Waals surface area contributed by atoms with Gasteiger partial charge in [0.05, 0.1) is 0 Å². The first kappa shape index (κ1) is 13.3. The largest absolute Gasteiger partial charge is 0.399 e. The van der Waals surface area contributed by atoms with E-state index in [9.17, 15) is 0 Å². The second-order valence-corrected chi connectivity index (χ2v) is 4.33. The standard InChI is InChI=1S/C6H6ClN.C6H14N2/c7-5-2-1-3-6(8)4-5;7-3-6-8-4-1-2-5-8/h1-4H,8H2;1-7H2. The zero-order chi connectivity index (χ0) is 11.8. The molecule has 4 N–H and O–H groups in total. The molecule has 0 radical (unpaired) electrons. The third kappa shape index (κ3) is 5.35. The van der Waals surface area contributed by atoms with Crippen molar-refractivity contribution in [2.45, 2.75) is 12.8 Å². The Hall–Kier alpha value is -0.770. The van der Waals surface area contributed by atoms with E-state index in [1.165, 1.54) is 25.9 Å². The predicted octanol–water partition coefficient (Wildman–Crippen LogP) is 1.96. The Balaban J connectivity index is 0.000000160. The highest BCUT2D eigenvalue weighted by atomic mass is 35.5. The fourth-order valence-corrected chi connectivity index (χ4v) is 1.89. The minimum Gasteiger partial charge on any atom is -0.399 e. The lowest BCUT2D eigenvalue weighted by molar-refractivity contribution is 0.349. The van der Waals surface area contributed by atoms with Crippen molar-refractivity contribution in [1.82, 2.24) is 4.90 Å². The van der Waals surface area contributed by atoms with Crippen LogP contribution in [-0.4, -0.2) is 31.1 Å². The molecule has 0 bridgehead atoms. The van der Waals surface area contributed by atoms with Crippen LogP contribution in [0.25, 0.3) is 0 Å². The van der Waals surface area contributed by atoms with Crippen molar-refractivity contribution >= 4 is 17.3 Å². The summed E-state index contributed by atoms with van der Waals surface area (Å²) >= 11 is 5.56. The Morgan fingerprint density at radius 1 is 1.25 bits per heavy atom. The van der Waals surface area contributed by atoms with Crippen LogP contribution in [-0.2, 0) is 0 Å².